The number of benzene rings is 1. The average Bonchev–Trinajstić information content (AvgIpc) is 2.97. The monoisotopic (exact) mass is 364 g/mol. The van der Waals surface area contributed by atoms with Crippen molar-refractivity contribution in [2.45, 2.75) is 32.4 Å². The van der Waals surface area contributed by atoms with E-state index < -0.39 is 22.2 Å². The first-order valence-corrected chi connectivity index (χ1v) is 7.70. The molecule has 0 atom stereocenters. The summed E-state index contributed by atoms with van der Waals surface area (Å²) in [4.78, 5) is 14.6. The Morgan fingerprint density at radius 3 is 2.38 bits per heavy atom. The van der Waals surface area contributed by atoms with E-state index in [1.165, 1.54) is 30.3 Å². The van der Waals surface area contributed by atoms with Crippen molar-refractivity contribution in [2.75, 3.05) is 0 Å². The van der Waals surface area contributed by atoms with Crippen molar-refractivity contribution >= 4 is 11.3 Å². The Labute approximate surface area is 146 Å². The number of fused-ring (bicyclic) bond motifs is 1. The molecule has 0 saturated heterocycles. The van der Waals surface area contributed by atoms with Crippen LogP contribution in [0.15, 0.2) is 36.4 Å². The van der Waals surface area contributed by atoms with E-state index in [1.54, 1.807) is 0 Å². The Balaban J connectivity index is 2.28. The Bertz CT molecular complexity index is 1000. The minimum atomic E-state index is -4.65. The van der Waals surface area contributed by atoms with Crippen molar-refractivity contribution in [1.82, 2.24) is 14.6 Å². The van der Waals surface area contributed by atoms with Crippen LogP contribution in [0.1, 0.15) is 32.2 Å². The molecule has 3 rings (SSSR count). The molecule has 1 aromatic carbocycles. The zero-order valence-electron chi connectivity index (χ0n) is 14.2. The number of hydrogen-bond acceptors (Lipinski definition) is 4. The fraction of sp³-hybridized carbons (Fsp3) is 0.294. The van der Waals surface area contributed by atoms with Crippen molar-refractivity contribution < 1.29 is 18.1 Å². The van der Waals surface area contributed by atoms with Gasteiger partial charge in [-0.25, -0.2) is 9.50 Å². The van der Waals surface area contributed by atoms with Crippen LogP contribution in [0.25, 0.3) is 16.9 Å². The maximum Gasteiger partial charge on any atom is 0.433 e. The number of nitro benzene ring substituents is 1. The number of nitro groups is 1. The fourth-order valence-electron chi connectivity index (χ4n) is 2.47. The van der Waals surface area contributed by atoms with Gasteiger partial charge in [-0.3, -0.25) is 10.1 Å². The molecule has 26 heavy (non-hydrogen) atoms. The second-order valence-corrected chi connectivity index (χ2v) is 6.88. The van der Waals surface area contributed by atoms with E-state index in [0.717, 1.165) is 10.6 Å². The highest BCUT2D eigenvalue weighted by Gasteiger charge is 2.36. The minimum Gasteiger partial charge on any atom is -0.258 e. The molecule has 0 N–H and O–H groups in total. The summed E-state index contributed by atoms with van der Waals surface area (Å²) in [6.45, 7) is 5.51. The Kier molecular flexibility index (Phi) is 3.97. The van der Waals surface area contributed by atoms with Gasteiger partial charge in [-0.15, -0.1) is 0 Å². The van der Waals surface area contributed by atoms with Gasteiger partial charge in [0.25, 0.3) is 5.69 Å². The van der Waals surface area contributed by atoms with Crippen molar-refractivity contribution in [2.24, 2.45) is 0 Å². The van der Waals surface area contributed by atoms with Crippen LogP contribution in [0.4, 0.5) is 18.9 Å². The summed E-state index contributed by atoms with van der Waals surface area (Å²) < 4.78 is 41.4. The fourth-order valence-corrected chi connectivity index (χ4v) is 2.47. The van der Waals surface area contributed by atoms with Gasteiger partial charge in [-0.05, 0) is 6.07 Å². The molecule has 0 amide bonds. The zero-order chi connectivity index (χ0) is 19.3. The van der Waals surface area contributed by atoms with Crippen LogP contribution < -0.4 is 0 Å². The normalized spacial score (nSPS) is 12.5. The molecule has 0 aliphatic heterocycles. The van der Waals surface area contributed by atoms with Gasteiger partial charge in [0.2, 0.25) is 0 Å². The molecule has 0 saturated carbocycles. The summed E-state index contributed by atoms with van der Waals surface area (Å²) >= 11 is 0. The summed E-state index contributed by atoms with van der Waals surface area (Å²) in [5, 5.41) is 15.0. The molecule has 3 aromatic rings. The van der Waals surface area contributed by atoms with E-state index >= 15 is 0 Å². The zero-order valence-corrected chi connectivity index (χ0v) is 14.2. The van der Waals surface area contributed by atoms with Crippen LogP contribution in [0.2, 0.25) is 0 Å². The quantitative estimate of drug-likeness (QED) is 0.491. The lowest BCUT2D eigenvalue weighted by atomic mass is 9.93. The van der Waals surface area contributed by atoms with E-state index in [9.17, 15) is 23.3 Å². The highest BCUT2D eigenvalue weighted by atomic mass is 19.4. The molecule has 6 nitrogen and oxygen atoms in total. The smallest absolute Gasteiger partial charge is 0.258 e. The van der Waals surface area contributed by atoms with Crippen molar-refractivity contribution in [3.05, 3.63) is 57.9 Å². The number of aromatic nitrogens is 3. The van der Waals surface area contributed by atoms with Crippen LogP contribution in [0.5, 0.6) is 0 Å². The van der Waals surface area contributed by atoms with Gasteiger partial charge >= 0.3 is 6.18 Å². The molecule has 0 spiro atoms. The van der Waals surface area contributed by atoms with E-state index in [1.807, 2.05) is 20.8 Å². The lowest BCUT2D eigenvalue weighted by molar-refractivity contribution is -0.384. The first-order chi connectivity index (χ1) is 12.0. The lowest BCUT2D eigenvalue weighted by Gasteiger charge is -2.14. The largest absolute Gasteiger partial charge is 0.433 e. The highest BCUT2D eigenvalue weighted by Crippen LogP contribution is 2.34. The second-order valence-electron chi connectivity index (χ2n) is 6.88. The summed E-state index contributed by atoms with van der Waals surface area (Å²) in [5.41, 5.74) is -0.943. The molecule has 9 heteroatoms. The van der Waals surface area contributed by atoms with E-state index in [0.29, 0.717) is 5.69 Å². The molecule has 0 bridgehead atoms. The topological polar surface area (TPSA) is 73.3 Å². The van der Waals surface area contributed by atoms with Gasteiger partial charge in [-0.1, -0.05) is 32.9 Å². The molecule has 0 fully saturated rings. The number of non-ortho nitro benzene ring substituents is 1. The number of nitrogens with zero attached hydrogens (tertiary/aromatic N) is 4. The lowest BCUT2D eigenvalue weighted by Crippen LogP contribution is -2.15. The van der Waals surface area contributed by atoms with E-state index in [2.05, 4.69) is 10.1 Å². The highest BCUT2D eigenvalue weighted by molar-refractivity contribution is 5.65. The summed E-state index contributed by atoms with van der Waals surface area (Å²) in [6, 6.07) is 7.70. The average molecular weight is 364 g/mol. The third-order valence-electron chi connectivity index (χ3n) is 3.84. The first kappa shape index (κ1) is 17.8. The van der Waals surface area contributed by atoms with Gasteiger partial charge in [0, 0.05) is 29.2 Å². The number of hydrogen-bond donors (Lipinski definition) is 0. The summed E-state index contributed by atoms with van der Waals surface area (Å²) in [7, 11) is 0. The minimum absolute atomic E-state index is 0.00566. The third-order valence-corrected chi connectivity index (χ3v) is 3.84. The van der Waals surface area contributed by atoms with Crippen LogP contribution in [0.3, 0.4) is 0 Å². The van der Waals surface area contributed by atoms with Crippen molar-refractivity contribution in [3.63, 3.8) is 0 Å². The van der Waals surface area contributed by atoms with Crippen LogP contribution in [-0.4, -0.2) is 19.5 Å². The maximum atomic E-state index is 13.5. The molecule has 136 valence electrons. The first-order valence-electron chi connectivity index (χ1n) is 7.70. The number of rotatable bonds is 2. The molecule has 0 aliphatic rings. The standard InChI is InChI=1S/C17H15F3N4O2/c1-16(2,3)13-9-15-21-12(8-14(17(18,19)20)23(15)22-13)10-5-4-6-11(7-10)24(25)26/h4-9H,1-3H3. The number of halogens is 3. The SMILES string of the molecule is CC(C)(C)c1cc2nc(-c3cccc([N+](=O)[O-])c3)cc(C(F)(F)F)n2n1. The van der Waals surface area contributed by atoms with Gasteiger partial charge in [0.1, 0.15) is 0 Å². The summed E-state index contributed by atoms with van der Waals surface area (Å²) in [5.74, 6) is 0. The molecule has 2 heterocycles. The molecular formula is C17H15F3N4O2. The Morgan fingerprint density at radius 2 is 1.81 bits per heavy atom. The van der Waals surface area contributed by atoms with Gasteiger partial charge in [0.15, 0.2) is 11.3 Å². The van der Waals surface area contributed by atoms with Gasteiger partial charge in [-0.2, -0.15) is 18.3 Å². The predicted molar refractivity (Wildman–Crippen MR) is 88.8 cm³/mol. The Hall–Kier alpha value is -2.97. The molecule has 2 aromatic heterocycles. The molecular weight excluding hydrogens is 349 g/mol. The third kappa shape index (κ3) is 3.24. The predicted octanol–water partition coefficient (Wildman–Crippen LogP) is 4.62. The molecule has 0 aliphatic carbocycles. The van der Waals surface area contributed by atoms with Gasteiger partial charge < -0.3 is 0 Å². The number of alkyl halides is 3. The van der Waals surface area contributed by atoms with Crippen LogP contribution >= 0.6 is 0 Å². The van der Waals surface area contributed by atoms with Crippen LogP contribution in [0, 0.1) is 10.1 Å². The molecule has 0 radical (unpaired) electrons. The maximum absolute atomic E-state index is 13.5. The summed E-state index contributed by atoms with van der Waals surface area (Å²) in [6.07, 6.45) is -4.65. The van der Waals surface area contributed by atoms with Crippen LogP contribution in [-0.2, 0) is 11.6 Å². The van der Waals surface area contributed by atoms with Crippen molar-refractivity contribution in [3.8, 4) is 11.3 Å². The Morgan fingerprint density at radius 1 is 1.12 bits per heavy atom. The van der Waals surface area contributed by atoms with Gasteiger partial charge in [0.05, 0.1) is 16.3 Å². The second kappa shape index (κ2) is 5.79. The van der Waals surface area contributed by atoms with Crippen molar-refractivity contribution in [1.29, 1.82) is 0 Å². The molecule has 0 unspecified atom stereocenters. The van der Waals surface area contributed by atoms with E-state index in [-0.39, 0.29) is 22.6 Å². The van der Waals surface area contributed by atoms with E-state index in [4.69, 9.17) is 0 Å².